The van der Waals surface area contributed by atoms with E-state index in [1.807, 2.05) is 6.92 Å². The number of sulfonamides is 2. The van der Waals surface area contributed by atoms with Crippen LogP contribution in [0.2, 0.25) is 0 Å². The Morgan fingerprint density at radius 3 is 2.63 bits per heavy atom. The molecule has 1 amide bonds. The van der Waals surface area contributed by atoms with Gasteiger partial charge in [0.05, 0.1) is 23.2 Å². The molecular weight excluding hydrogens is 571 g/mol. The maximum absolute atomic E-state index is 14.2. The first-order valence-corrected chi connectivity index (χ1v) is 16.6. The number of benzene rings is 2. The Bertz CT molecular complexity index is 1790. The second kappa shape index (κ2) is 9.02. The van der Waals surface area contributed by atoms with Gasteiger partial charge in [-0.2, -0.15) is 8.42 Å². The van der Waals surface area contributed by atoms with E-state index in [0.29, 0.717) is 5.56 Å². The highest BCUT2D eigenvalue weighted by atomic mass is 32.2. The molecule has 0 spiro atoms. The summed E-state index contributed by atoms with van der Waals surface area (Å²) in [6.07, 6.45) is 3.64. The molecule has 0 unspecified atom stereocenters. The smallest absolute Gasteiger partial charge is 0.286 e. The van der Waals surface area contributed by atoms with Crippen LogP contribution in [0.25, 0.3) is 0 Å². The van der Waals surface area contributed by atoms with Crippen molar-refractivity contribution < 1.29 is 31.1 Å². The lowest BCUT2D eigenvalue weighted by molar-refractivity contribution is -0.141. The van der Waals surface area contributed by atoms with Gasteiger partial charge < -0.3 is 15.3 Å². The normalized spacial score (nSPS) is 28.2. The number of amides is 1. The molecule has 2 heterocycles. The molecule has 2 saturated carbocycles. The van der Waals surface area contributed by atoms with Crippen LogP contribution in [0.4, 0.5) is 15.8 Å². The van der Waals surface area contributed by atoms with Gasteiger partial charge in [0.1, 0.15) is 22.0 Å². The number of aliphatic hydroxyl groups excluding tert-OH is 1. The van der Waals surface area contributed by atoms with Crippen molar-refractivity contribution in [1.29, 1.82) is 0 Å². The van der Waals surface area contributed by atoms with E-state index in [4.69, 9.17) is 0 Å². The molecule has 2 aliphatic carbocycles. The number of carbonyl (C=O) groups is 1. The van der Waals surface area contributed by atoms with Gasteiger partial charge in [-0.05, 0) is 80.3 Å². The van der Waals surface area contributed by atoms with E-state index in [0.717, 1.165) is 35.4 Å². The summed E-state index contributed by atoms with van der Waals surface area (Å²) < 4.78 is 69.6. The Morgan fingerprint density at radius 1 is 1.22 bits per heavy atom. The van der Waals surface area contributed by atoms with Crippen LogP contribution in [-0.2, 0) is 31.4 Å². The zero-order valence-corrected chi connectivity index (χ0v) is 24.7. The maximum Gasteiger partial charge on any atom is 0.286 e. The van der Waals surface area contributed by atoms with Crippen molar-refractivity contribution in [1.82, 2.24) is 4.90 Å². The first-order chi connectivity index (χ1) is 19.1. The number of carbonyl (C=O) groups excluding carboxylic acids is 1. The number of fused-ring (bicyclic) bond motifs is 6. The quantitative estimate of drug-likeness (QED) is 0.533. The maximum atomic E-state index is 14.2. The average molecular weight is 603 g/mol. The van der Waals surface area contributed by atoms with E-state index >= 15 is 0 Å². The Kier molecular flexibility index (Phi) is 6.10. The van der Waals surface area contributed by atoms with E-state index in [2.05, 4.69) is 9.71 Å². The molecule has 4 atom stereocenters. The SMILES string of the molecule is Cc1cc(CN2C(=O)C(C3=NS(=O)(=O)c4cc(N(C)S(C)(=O)=O)ccc4N3)=C(O)[C@@H]3[C@H]4CC[C@H](C4)[C@@]32C)ccc1F. The lowest BCUT2D eigenvalue weighted by Crippen LogP contribution is -2.61. The van der Waals surface area contributed by atoms with Gasteiger partial charge in [-0.1, -0.05) is 12.1 Å². The van der Waals surface area contributed by atoms with E-state index in [1.165, 1.54) is 31.3 Å². The number of hydrogen-bond acceptors (Lipinski definition) is 7. The summed E-state index contributed by atoms with van der Waals surface area (Å²) in [5.74, 6) is -1.50. The van der Waals surface area contributed by atoms with Gasteiger partial charge in [-0.3, -0.25) is 9.10 Å². The summed E-state index contributed by atoms with van der Waals surface area (Å²) in [6, 6.07) is 8.73. The van der Waals surface area contributed by atoms with E-state index in [-0.39, 0.29) is 57.6 Å². The van der Waals surface area contributed by atoms with E-state index in [1.54, 1.807) is 24.0 Å². The molecule has 2 aromatic carbocycles. The summed E-state index contributed by atoms with van der Waals surface area (Å²) in [6.45, 7) is 3.79. The van der Waals surface area contributed by atoms with Gasteiger partial charge in [0.2, 0.25) is 10.0 Å². The molecule has 2 N–H and O–H groups in total. The molecule has 6 rings (SSSR count). The summed E-state index contributed by atoms with van der Waals surface area (Å²) in [5, 5.41) is 14.5. The number of halogens is 1. The minimum absolute atomic E-state index is 0.107. The van der Waals surface area contributed by atoms with Crippen molar-refractivity contribution in [2.45, 2.75) is 50.1 Å². The van der Waals surface area contributed by atoms with Gasteiger partial charge in [0, 0.05) is 19.5 Å². The molecule has 0 saturated heterocycles. The molecule has 2 bridgehead atoms. The molecule has 0 radical (unpaired) electrons. The summed E-state index contributed by atoms with van der Waals surface area (Å²) in [4.78, 5) is 15.7. The van der Waals surface area contributed by atoms with Gasteiger partial charge in [-0.15, -0.1) is 4.40 Å². The largest absolute Gasteiger partial charge is 0.511 e. The number of aliphatic hydroxyl groups is 1. The number of nitrogens with one attached hydrogen (secondary N) is 1. The molecular formula is C28H31FN4O6S2. The van der Waals surface area contributed by atoms with Crippen molar-refractivity contribution in [3.05, 3.63) is 64.7 Å². The molecule has 10 nitrogen and oxygen atoms in total. The summed E-state index contributed by atoms with van der Waals surface area (Å²) in [7, 11) is -6.72. The third-order valence-corrected chi connectivity index (χ3v) is 11.9. The molecule has 4 aliphatic rings. The predicted octanol–water partition coefficient (Wildman–Crippen LogP) is 3.70. The van der Waals surface area contributed by atoms with Crippen molar-refractivity contribution in [3.8, 4) is 0 Å². The van der Waals surface area contributed by atoms with Crippen LogP contribution in [-0.4, -0.2) is 57.4 Å². The first-order valence-electron chi connectivity index (χ1n) is 13.3. The minimum Gasteiger partial charge on any atom is -0.511 e. The Hall–Kier alpha value is -3.45. The first kappa shape index (κ1) is 27.7. The molecule has 41 heavy (non-hydrogen) atoms. The number of anilines is 2. The second-order valence-corrected chi connectivity index (χ2v) is 15.2. The number of hydrogen-bond donors (Lipinski definition) is 2. The Balaban J connectivity index is 1.44. The highest BCUT2D eigenvalue weighted by Crippen LogP contribution is 2.61. The van der Waals surface area contributed by atoms with Crippen LogP contribution in [0.1, 0.15) is 37.3 Å². The molecule has 2 fully saturated rings. The van der Waals surface area contributed by atoms with Crippen molar-refractivity contribution >= 4 is 43.2 Å². The predicted molar refractivity (Wildman–Crippen MR) is 152 cm³/mol. The van der Waals surface area contributed by atoms with Crippen LogP contribution in [0.5, 0.6) is 0 Å². The summed E-state index contributed by atoms with van der Waals surface area (Å²) >= 11 is 0. The lowest BCUT2D eigenvalue weighted by Gasteiger charge is -2.52. The van der Waals surface area contributed by atoms with Gasteiger partial charge in [0.25, 0.3) is 15.9 Å². The highest BCUT2D eigenvalue weighted by Gasteiger charge is 2.64. The van der Waals surface area contributed by atoms with E-state index in [9.17, 15) is 31.1 Å². The number of nitrogens with zero attached hydrogens (tertiary/aromatic N) is 3. The van der Waals surface area contributed by atoms with Crippen molar-refractivity contribution in [3.63, 3.8) is 0 Å². The van der Waals surface area contributed by atoms with Crippen LogP contribution in [0.3, 0.4) is 0 Å². The van der Waals surface area contributed by atoms with Crippen LogP contribution >= 0.6 is 0 Å². The minimum atomic E-state index is -4.38. The number of aryl methyl sites for hydroxylation is 1. The fraction of sp³-hybridized carbons (Fsp3) is 0.429. The highest BCUT2D eigenvalue weighted by molar-refractivity contribution is 7.92. The molecule has 2 aliphatic heterocycles. The van der Waals surface area contributed by atoms with E-state index < -0.39 is 37.4 Å². The van der Waals surface area contributed by atoms with Crippen molar-refractivity contribution in [2.24, 2.45) is 22.2 Å². The summed E-state index contributed by atoms with van der Waals surface area (Å²) in [5.41, 5.74) is 0.500. The number of rotatable bonds is 5. The lowest BCUT2D eigenvalue weighted by atomic mass is 9.68. The zero-order chi connectivity index (χ0) is 29.6. The monoisotopic (exact) mass is 602 g/mol. The van der Waals surface area contributed by atoms with Crippen LogP contribution in [0.15, 0.2) is 57.0 Å². The molecule has 0 aromatic heterocycles. The third-order valence-electron chi connectivity index (χ3n) is 9.36. The third kappa shape index (κ3) is 4.15. The van der Waals surface area contributed by atoms with Gasteiger partial charge in [0.15, 0.2) is 5.84 Å². The fourth-order valence-corrected chi connectivity index (χ4v) is 8.82. The molecule has 218 valence electrons. The second-order valence-electron chi connectivity index (χ2n) is 11.7. The standard InChI is InChI=1S/C28H31FN4O6S2/c1-15-11-16(5-9-20(15)29)14-33-27(35)23(25(34)24-17-6-7-18(12-17)28(24,33)2)26-30-21-10-8-19(32(3)40(4,36)37)13-22(21)41(38,39)31-26/h5,8-11,13,17-18,24,34H,6-7,12,14H2,1-4H3,(H,30,31)/t17-,18+,24-,28-/m0/s1. The topological polar surface area (TPSA) is 136 Å². The zero-order valence-electron chi connectivity index (χ0n) is 23.0. The molecule has 13 heteroatoms. The molecule has 2 aromatic rings. The number of amidine groups is 1. The fourth-order valence-electron chi connectivity index (χ4n) is 7.18. The van der Waals surface area contributed by atoms with Crippen LogP contribution in [0, 0.1) is 30.5 Å². The van der Waals surface area contributed by atoms with Gasteiger partial charge >= 0.3 is 0 Å². The average Bonchev–Trinajstić information content (AvgIpc) is 3.48. The van der Waals surface area contributed by atoms with Gasteiger partial charge in [-0.25, -0.2) is 12.8 Å². The Morgan fingerprint density at radius 2 is 1.95 bits per heavy atom. The Labute approximate surface area is 238 Å². The van der Waals surface area contributed by atoms with Crippen LogP contribution < -0.4 is 9.62 Å². The van der Waals surface area contributed by atoms with Crippen molar-refractivity contribution in [2.75, 3.05) is 22.9 Å².